The fourth-order valence-corrected chi connectivity index (χ4v) is 2.67. The number of carbonyl (C=O) groups is 1. The van der Waals surface area contributed by atoms with E-state index in [4.69, 9.17) is 5.84 Å². The second-order valence-corrected chi connectivity index (χ2v) is 7.26. The number of hydrogen-bond donors (Lipinski definition) is 6. The van der Waals surface area contributed by atoms with Crippen LogP contribution in [-0.4, -0.2) is 34.8 Å². The molecule has 11 heteroatoms. The number of alkyl halides is 3. The van der Waals surface area contributed by atoms with Crippen LogP contribution < -0.4 is 27.2 Å². The molecule has 3 rings (SSSR count). The third-order valence-corrected chi connectivity index (χ3v) is 4.53. The topological polar surface area (TPSA) is 124 Å². The molecular weight excluding hydrogens is 437 g/mol. The molecule has 1 saturated carbocycles. The fourth-order valence-electron chi connectivity index (χ4n) is 2.67. The van der Waals surface area contributed by atoms with Gasteiger partial charge in [-0.05, 0) is 48.6 Å². The van der Waals surface area contributed by atoms with Crippen molar-refractivity contribution in [3.63, 3.8) is 0 Å². The molecule has 1 heterocycles. The third-order valence-electron chi connectivity index (χ3n) is 4.53. The van der Waals surface area contributed by atoms with Crippen LogP contribution >= 0.6 is 0 Å². The van der Waals surface area contributed by atoms with Crippen LogP contribution in [0.5, 0.6) is 0 Å². The zero-order chi connectivity index (χ0) is 23.8. The largest absolute Gasteiger partial charge is 0.401 e. The molecule has 1 fully saturated rings. The van der Waals surface area contributed by atoms with Crippen LogP contribution in [0.25, 0.3) is 0 Å². The number of hydrazine groups is 1. The molecule has 2 aromatic rings. The molecule has 1 aromatic heterocycles. The number of nitrogens with two attached hydrogens (primary N) is 1. The standard InChI is InChI=1S/C22H23F3N6O2/c23-22(24,25)13-29-20(32)15-5-9-18(14(11-15)4-6-16-3-1-2-10-27-16)28-12-19(31-26)21(33)30-17-7-8-17/h1-3,5,9-12,17,20,28-29,31-32H,7-8,13,26H2,(H,30,33)/b19-12-. The van der Waals surface area contributed by atoms with E-state index in [2.05, 4.69) is 32.9 Å². The lowest BCUT2D eigenvalue weighted by Gasteiger charge is -2.16. The zero-order valence-electron chi connectivity index (χ0n) is 17.4. The van der Waals surface area contributed by atoms with Gasteiger partial charge in [0.25, 0.3) is 5.91 Å². The number of hydrogen-bond acceptors (Lipinski definition) is 7. The number of aliphatic hydroxyl groups is 1. The Balaban J connectivity index is 1.85. The summed E-state index contributed by atoms with van der Waals surface area (Å²) in [5.41, 5.74) is 3.88. The Morgan fingerprint density at radius 2 is 2.06 bits per heavy atom. The Bertz CT molecular complexity index is 1060. The SMILES string of the molecule is NN/C(=C\Nc1ccc(C(O)NCC(F)(F)F)cc1C#Cc1ccccn1)C(=O)NC1CC1. The first-order valence-electron chi connectivity index (χ1n) is 10.0. The van der Waals surface area contributed by atoms with Crippen LogP contribution in [0, 0.1) is 11.8 Å². The number of halogens is 3. The number of aliphatic hydroxyl groups excluding tert-OH is 1. The molecule has 1 amide bonds. The molecule has 1 aromatic carbocycles. The van der Waals surface area contributed by atoms with Crippen LogP contribution in [0.15, 0.2) is 54.5 Å². The molecule has 174 valence electrons. The number of aromatic nitrogens is 1. The highest BCUT2D eigenvalue weighted by Gasteiger charge is 2.28. The first-order chi connectivity index (χ1) is 15.7. The third kappa shape index (κ3) is 7.80. The molecule has 0 saturated heterocycles. The van der Waals surface area contributed by atoms with Crippen molar-refractivity contribution >= 4 is 11.6 Å². The van der Waals surface area contributed by atoms with Crippen LogP contribution in [-0.2, 0) is 4.79 Å². The lowest BCUT2D eigenvalue weighted by Crippen LogP contribution is -2.36. The summed E-state index contributed by atoms with van der Waals surface area (Å²) in [7, 11) is 0. The summed E-state index contributed by atoms with van der Waals surface area (Å²) in [5.74, 6) is 10.8. The highest BCUT2D eigenvalue weighted by Crippen LogP contribution is 2.22. The maximum absolute atomic E-state index is 12.5. The number of carbonyl (C=O) groups excluding carboxylic acids is 1. The number of anilines is 1. The van der Waals surface area contributed by atoms with Gasteiger partial charge in [0.05, 0.1) is 12.2 Å². The van der Waals surface area contributed by atoms with Gasteiger partial charge in [-0.3, -0.25) is 16.0 Å². The minimum Gasteiger partial charge on any atom is -0.374 e. The Morgan fingerprint density at radius 3 is 2.70 bits per heavy atom. The van der Waals surface area contributed by atoms with Gasteiger partial charge in [-0.15, -0.1) is 0 Å². The average Bonchev–Trinajstić information content (AvgIpc) is 3.61. The summed E-state index contributed by atoms with van der Waals surface area (Å²) < 4.78 is 37.4. The van der Waals surface area contributed by atoms with E-state index >= 15 is 0 Å². The molecule has 8 nitrogen and oxygen atoms in total. The molecule has 1 aliphatic rings. The van der Waals surface area contributed by atoms with Gasteiger partial charge in [0.15, 0.2) is 0 Å². The van der Waals surface area contributed by atoms with Crippen molar-refractivity contribution in [2.45, 2.75) is 31.3 Å². The monoisotopic (exact) mass is 460 g/mol. The Morgan fingerprint density at radius 1 is 1.27 bits per heavy atom. The van der Waals surface area contributed by atoms with E-state index in [0.717, 1.165) is 12.8 Å². The highest BCUT2D eigenvalue weighted by atomic mass is 19.4. The second-order valence-electron chi connectivity index (χ2n) is 7.26. The van der Waals surface area contributed by atoms with Gasteiger partial charge in [-0.1, -0.05) is 18.1 Å². The number of benzene rings is 1. The number of nitrogens with zero attached hydrogens (tertiary/aromatic N) is 1. The Hall–Kier alpha value is -3.59. The van der Waals surface area contributed by atoms with Crippen molar-refractivity contribution in [1.29, 1.82) is 0 Å². The van der Waals surface area contributed by atoms with Crippen molar-refractivity contribution in [3.05, 3.63) is 71.3 Å². The summed E-state index contributed by atoms with van der Waals surface area (Å²) >= 11 is 0. The first-order valence-corrected chi connectivity index (χ1v) is 10.0. The van der Waals surface area contributed by atoms with E-state index in [-0.39, 0.29) is 23.2 Å². The van der Waals surface area contributed by atoms with Crippen molar-refractivity contribution < 1.29 is 23.1 Å². The maximum atomic E-state index is 12.5. The summed E-state index contributed by atoms with van der Waals surface area (Å²) in [6.45, 7) is -1.35. The lowest BCUT2D eigenvalue weighted by atomic mass is 10.1. The minimum atomic E-state index is -4.47. The van der Waals surface area contributed by atoms with E-state index in [1.165, 1.54) is 24.4 Å². The van der Waals surface area contributed by atoms with Crippen LogP contribution in [0.3, 0.4) is 0 Å². The van der Waals surface area contributed by atoms with Gasteiger partial charge in [0.1, 0.15) is 17.6 Å². The molecule has 0 radical (unpaired) electrons. The van der Waals surface area contributed by atoms with Crippen molar-refractivity contribution in [1.82, 2.24) is 21.0 Å². The molecule has 0 aliphatic heterocycles. The average molecular weight is 460 g/mol. The Labute approximate surface area is 188 Å². The Kier molecular flexibility index (Phi) is 7.89. The van der Waals surface area contributed by atoms with E-state index < -0.39 is 18.9 Å². The predicted octanol–water partition coefficient (Wildman–Crippen LogP) is 1.62. The van der Waals surface area contributed by atoms with Gasteiger partial charge in [-0.2, -0.15) is 13.2 Å². The van der Waals surface area contributed by atoms with Gasteiger partial charge in [-0.25, -0.2) is 4.98 Å². The number of amides is 1. The molecule has 1 atom stereocenters. The summed E-state index contributed by atoms with van der Waals surface area (Å²) in [4.78, 5) is 16.3. The molecule has 1 aliphatic carbocycles. The van der Waals surface area contributed by atoms with Crippen molar-refractivity contribution in [3.8, 4) is 11.8 Å². The minimum absolute atomic E-state index is 0.0847. The number of rotatable bonds is 8. The smallest absolute Gasteiger partial charge is 0.374 e. The molecule has 1 unspecified atom stereocenters. The fraction of sp³-hybridized carbons (Fsp3) is 0.273. The molecule has 0 spiro atoms. The predicted molar refractivity (Wildman–Crippen MR) is 116 cm³/mol. The first kappa shape index (κ1) is 24.1. The second kappa shape index (κ2) is 10.8. The molecule has 0 bridgehead atoms. The summed E-state index contributed by atoms with van der Waals surface area (Å²) in [6, 6.07) is 9.75. The quantitative estimate of drug-likeness (QED) is 0.116. The van der Waals surface area contributed by atoms with Gasteiger partial charge >= 0.3 is 6.18 Å². The highest BCUT2D eigenvalue weighted by molar-refractivity contribution is 5.93. The van der Waals surface area contributed by atoms with Crippen LogP contribution in [0.4, 0.5) is 18.9 Å². The molecule has 7 N–H and O–H groups in total. The molecule has 33 heavy (non-hydrogen) atoms. The van der Waals surface area contributed by atoms with Crippen LogP contribution in [0.2, 0.25) is 0 Å². The summed E-state index contributed by atoms with van der Waals surface area (Å²) in [5, 5.41) is 17.9. The van der Waals surface area contributed by atoms with Crippen LogP contribution in [0.1, 0.15) is 35.9 Å². The van der Waals surface area contributed by atoms with Gasteiger partial charge in [0, 0.05) is 24.0 Å². The maximum Gasteiger partial charge on any atom is 0.401 e. The van der Waals surface area contributed by atoms with Gasteiger partial charge < -0.3 is 21.2 Å². The molecular formula is C22H23F3N6O2. The van der Waals surface area contributed by atoms with Crippen molar-refractivity contribution in [2.75, 3.05) is 11.9 Å². The normalized spacial score (nSPS) is 14.6. The lowest BCUT2D eigenvalue weighted by molar-refractivity contribution is -0.131. The van der Waals surface area contributed by atoms with E-state index in [1.54, 1.807) is 24.4 Å². The summed E-state index contributed by atoms with van der Waals surface area (Å²) in [6.07, 6.45) is -1.27. The van der Waals surface area contributed by atoms with Crippen molar-refractivity contribution in [2.24, 2.45) is 5.84 Å². The van der Waals surface area contributed by atoms with E-state index in [9.17, 15) is 23.1 Å². The zero-order valence-corrected chi connectivity index (χ0v) is 17.4. The van der Waals surface area contributed by atoms with Gasteiger partial charge in [0.2, 0.25) is 0 Å². The number of pyridine rings is 1. The van der Waals surface area contributed by atoms with E-state index in [1.807, 2.05) is 5.32 Å². The van der Waals surface area contributed by atoms with E-state index in [0.29, 0.717) is 16.9 Å². The number of nitrogens with one attached hydrogen (secondary N) is 4.